The summed E-state index contributed by atoms with van der Waals surface area (Å²) in [7, 11) is 0. The van der Waals surface area contributed by atoms with Crippen molar-refractivity contribution in [1.29, 1.82) is 0 Å². The van der Waals surface area contributed by atoms with Gasteiger partial charge in [0, 0.05) is 6.42 Å². The van der Waals surface area contributed by atoms with Crippen LogP contribution in [0.15, 0.2) is 12.2 Å². The Kier molecular flexibility index (Phi) is 2.46. The smallest absolute Gasteiger partial charge is 0.155 e. The minimum atomic E-state index is -0.560. The topological polar surface area (TPSA) is 29.5 Å². The first-order valence-corrected chi connectivity index (χ1v) is 3.75. The molecule has 1 rings (SSSR count). The Morgan fingerprint density at radius 3 is 3.00 bits per heavy atom. The molecule has 0 aromatic carbocycles. The third kappa shape index (κ3) is 1.58. The molecule has 2 unspecified atom stereocenters. The van der Waals surface area contributed by atoms with Gasteiger partial charge in [-0.2, -0.15) is 0 Å². The summed E-state index contributed by atoms with van der Waals surface area (Å²) in [4.78, 5) is 0. The number of rotatable bonds is 1. The summed E-state index contributed by atoms with van der Waals surface area (Å²) in [5.41, 5.74) is 1.12. The van der Waals surface area contributed by atoms with Gasteiger partial charge in [-0.3, -0.25) is 0 Å². The van der Waals surface area contributed by atoms with Crippen molar-refractivity contribution in [1.82, 2.24) is 0 Å². The number of hydrogen-bond donors (Lipinski definition) is 1. The van der Waals surface area contributed by atoms with E-state index in [1.165, 1.54) is 0 Å². The summed E-state index contributed by atoms with van der Waals surface area (Å²) in [5.74, 6) is 0. The highest BCUT2D eigenvalue weighted by molar-refractivity contribution is 5.04. The minimum absolute atomic E-state index is 0.0868. The fourth-order valence-electron chi connectivity index (χ4n) is 1.21. The zero-order valence-corrected chi connectivity index (χ0v) is 6.34. The van der Waals surface area contributed by atoms with Gasteiger partial charge in [-0.25, -0.2) is 0 Å². The molecule has 2 atom stereocenters. The lowest BCUT2D eigenvalue weighted by molar-refractivity contribution is -0.143. The maximum absolute atomic E-state index is 9.07. The fourth-order valence-corrected chi connectivity index (χ4v) is 1.21. The standard InChI is InChI=1S/C8H14O2/c1-3-7-6(2)4-5-8(9)10-7/h7-9H,2-5H2,1H3. The number of aliphatic hydroxyl groups excluding tert-OH is 1. The van der Waals surface area contributed by atoms with Crippen molar-refractivity contribution in [3.05, 3.63) is 12.2 Å². The first kappa shape index (κ1) is 7.76. The Bertz CT molecular complexity index is 131. The van der Waals surface area contributed by atoms with Crippen molar-refractivity contribution in [2.24, 2.45) is 0 Å². The second-order valence-corrected chi connectivity index (χ2v) is 2.68. The van der Waals surface area contributed by atoms with E-state index in [1.54, 1.807) is 0 Å². The van der Waals surface area contributed by atoms with Gasteiger partial charge in [-0.15, -0.1) is 0 Å². The molecule has 2 nitrogen and oxygen atoms in total. The van der Waals surface area contributed by atoms with Gasteiger partial charge in [0.25, 0.3) is 0 Å². The number of hydrogen-bond acceptors (Lipinski definition) is 2. The maximum Gasteiger partial charge on any atom is 0.155 e. The average Bonchev–Trinajstić information content (AvgIpc) is 1.94. The van der Waals surface area contributed by atoms with Crippen molar-refractivity contribution < 1.29 is 9.84 Å². The normalized spacial score (nSPS) is 34.4. The van der Waals surface area contributed by atoms with Crippen LogP contribution in [0.3, 0.4) is 0 Å². The molecule has 10 heavy (non-hydrogen) atoms. The summed E-state index contributed by atoms with van der Waals surface area (Å²) < 4.78 is 5.20. The van der Waals surface area contributed by atoms with Crippen molar-refractivity contribution in [2.45, 2.75) is 38.6 Å². The Balaban J connectivity index is 2.45. The molecule has 0 bridgehead atoms. The van der Waals surface area contributed by atoms with Crippen molar-refractivity contribution in [2.75, 3.05) is 0 Å². The molecule has 0 spiro atoms. The van der Waals surface area contributed by atoms with Crippen LogP contribution in [0.5, 0.6) is 0 Å². The first-order chi connectivity index (χ1) is 4.74. The highest BCUT2D eigenvalue weighted by atomic mass is 16.6. The van der Waals surface area contributed by atoms with E-state index in [2.05, 4.69) is 6.58 Å². The molecule has 0 amide bonds. The van der Waals surface area contributed by atoms with Crippen molar-refractivity contribution in [3.8, 4) is 0 Å². The Hall–Kier alpha value is -0.340. The molecule has 1 fully saturated rings. The largest absolute Gasteiger partial charge is 0.368 e. The van der Waals surface area contributed by atoms with Gasteiger partial charge in [0.05, 0.1) is 6.10 Å². The second kappa shape index (κ2) is 3.17. The van der Waals surface area contributed by atoms with Crippen LogP contribution in [-0.4, -0.2) is 17.5 Å². The van der Waals surface area contributed by atoms with Gasteiger partial charge >= 0.3 is 0 Å². The first-order valence-electron chi connectivity index (χ1n) is 3.75. The van der Waals surface area contributed by atoms with Crippen LogP contribution in [0.2, 0.25) is 0 Å². The SMILES string of the molecule is C=C1CCC(O)OC1CC. The van der Waals surface area contributed by atoms with E-state index in [9.17, 15) is 0 Å². The quantitative estimate of drug-likeness (QED) is 0.561. The summed E-state index contributed by atoms with van der Waals surface area (Å²) >= 11 is 0. The molecule has 1 heterocycles. The fraction of sp³-hybridized carbons (Fsp3) is 0.750. The summed E-state index contributed by atoms with van der Waals surface area (Å²) in [6.07, 6.45) is 2.05. The third-order valence-corrected chi connectivity index (χ3v) is 1.86. The molecular formula is C8H14O2. The zero-order chi connectivity index (χ0) is 7.56. The van der Waals surface area contributed by atoms with Crippen LogP contribution < -0.4 is 0 Å². The van der Waals surface area contributed by atoms with Gasteiger partial charge in [0.1, 0.15) is 0 Å². The highest BCUT2D eigenvalue weighted by Gasteiger charge is 2.21. The van der Waals surface area contributed by atoms with Crippen LogP contribution in [-0.2, 0) is 4.74 Å². The molecule has 1 saturated heterocycles. The average molecular weight is 142 g/mol. The zero-order valence-electron chi connectivity index (χ0n) is 6.34. The number of aliphatic hydroxyl groups is 1. The lowest BCUT2D eigenvalue weighted by Gasteiger charge is -2.27. The predicted octanol–water partition coefficient (Wildman–Crippen LogP) is 1.45. The highest BCUT2D eigenvalue weighted by Crippen LogP contribution is 2.23. The van der Waals surface area contributed by atoms with Crippen LogP contribution >= 0.6 is 0 Å². The molecule has 58 valence electrons. The van der Waals surface area contributed by atoms with Crippen LogP contribution in [0.25, 0.3) is 0 Å². The maximum atomic E-state index is 9.07. The molecule has 0 aromatic heterocycles. The van der Waals surface area contributed by atoms with Gasteiger partial charge in [-0.1, -0.05) is 13.5 Å². The lowest BCUT2D eigenvalue weighted by Crippen LogP contribution is -2.28. The molecule has 2 heteroatoms. The third-order valence-electron chi connectivity index (χ3n) is 1.86. The minimum Gasteiger partial charge on any atom is -0.368 e. The monoisotopic (exact) mass is 142 g/mol. The molecule has 0 saturated carbocycles. The van der Waals surface area contributed by atoms with E-state index in [1.807, 2.05) is 6.92 Å². The Morgan fingerprint density at radius 1 is 1.80 bits per heavy atom. The second-order valence-electron chi connectivity index (χ2n) is 2.68. The summed E-state index contributed by atoms with van der Waals surface area (Å²) in [6, 6.07) is 0. The molecule has 0 radical (unpaired) electrons. The Morgan fingerprint density at radius 2 is 2.50 bits per heavy atom. The summed E-state index contributed by atoms with van der Waals surface area (Å²) in [6.45, 7) is 5.90. The van der Waals surface area contributed by atoms with E-state index in [0.717, 1.165) is 18.4 Å². The van der Waals surface area contributed by atoms with E-state index in [-0.39, 0.29) is 6.10 Å². The van der Waals surface area contributed by atoms with Crippen LogP contribution in [0.4, 0.5) is 0 Å². The molecule has 1 N–H and O–H groups in total. The van der Waals surface area contributed by atoms with E-state index < -0.39 is 6.29 Å². The van der Waals surface area contributed by atoms with Gasteiger partial charge in [0.15, 0.2) is 6.29 Å². The van der Waals surface area contributed by atoms with Crippen LogP contribution in [0.1, 0.15) is 26.2 Å². The molecule has 0 aliphatic carbocycles. The van der Waals surface area contributed by atoms with E-state index in [0.29, 0.717) is 6.42 Å². The molecule has 1 aliphatic heterocycles. The molecule has 1 aliphatic rings. The van der Waals surface area contributed by atoms with Crippen molar-refractivity contribution >= 4 is 0 Å². The molecule has 0 aromatic rings. The summed E-state index contributed by atoms with van der Waals surface area (Å²) in [5, 5.41) is 9.07. The predicted molar refractivity (Wildman–Crippen MR) is 39.5 cm³/mol. The lowest BCUT2D eigenvalue weighted by atomic mass is 10.0. The molecular weight excluding hydrogens is 128 g/mol. The number of ether oxygens (including phenoxy) is 1. The van der Waals surface area contributed by atoms with Gasteiger partial charge in [0.2, 0.25) is 0 Å². The van der Waals surface area contributed by atoms with Crippen molar-refractivity contribution in [3.63, 3.8) is 0 Å². The Labute approximate surface area is 61.5 Å². The van der Waals surface area contributed by atoms with Gasteiger partial charge < -0.3 is 9.84 Å². The van der Waals surface area contributed by atoms with E-state index in [4.69, 9.17) is 9.84 Å². The van der Waals surface area contributed by atoms with Gasteiger partial charge in [-0.05, 0) is 18.4 Å². The van der Waals surface area contributed by atoms with E-state index >= 15 is 0 Å². The van der Waals surface area contributed by atoms with Crippen LogP contribution in [0, 0.1) is 0 Å².